The topological polar surface area (TPSA) is 48.0 Å². The number of benzene rings is 1. The second kappa shape index (κ2) is 4.40. The lowest BCUT2D eigenvalue weighted by molar-refractivity contribution is 0.100. The van der Waals surface area contributed by atoms with Gasteiger partial charge in [-0.1, -0.05) is 23.2 Å². The molecule has 0 radical (unpaired) electrons. The fraction of sp³-hybridized carbons (Fsp3) is 0.0769. The summed E-state index contributed by atoms with van der Waals surface area (Å²) < 4.78 is 7.00. The Hall–Kier alpha value is -1.78. The van der Waals surface area contributed by atoms with Crippen molar-refractivity contribution in [2.24, 2.45) is 7.05 Å². The predicted molar refractivity (Wildman–Crippen MR) is 72.9 cm³/mol. The van der Waals surface area contributed by atoms with Crippen molar-refractivity contribution >= 4 is 40.0 Å². The van der Waals surface area contributed by atoms with Gasteiger partial charge in [-0.05, 0) is 24.3 Å². The van der Waals surface area contributed by atoms with Crippen LogP contribution in [0.1, 0.15) is 16.2 Å². The number of fused-ring (bicyclic) bond motifs is 1. The monoisotopic (exact) mass is 294 g/mol. The van der Waals surface area contributed by atoms with E-state index in [9.17, 15) is 4.79 Å². The molecule has 1 aromatic carbocycles. The first-order valence-electron chi connectivity index (χ1n) is 5.47. The number of halogens is 2. The van der Waals surface area contributed by atoms with Gasteiger partial charge in [0.25, 0.3) is 0 Å². The number of carbonyl (C=O) groups is 1. The molecular weight excluding hydrogens is 287 g/mol. The molecule has 0 saturated heterocycles. The molecule has 0 bridgehead atoms. The number of carbonyl (C=O) groups excluding carboxylic acids is 1. The Morgan fingerprint density at radius 2 is 2.11 bits per heavy atom. The quantitative estimate of drug-likeness (QED) is 0.677. The zero-order valence-electron chi connectivity index (χ0n) is 9.85. The van der Waals surface area contributed by atoms with E-state index in [-0.39, 0.29) is 11.5 Å². The Morgan fingerprint density at radius 3 is 2.79 bits per heavy atom. The number of furan rings is 1. The average molecular weight is 295 g/mol. The van der Waals surface area contributed by atoms with Gasteiger partial charge in [-0.25, -0.2) is 0 Å². The van der Waals surface area contributed by atoms with Crippen molar-refractivity contribution in [2.45, 2.75) is 0 Å². The van der Waals surface area contributed by atoms with Gasteiger partial charge in [0.15, 0.2) is 11.3 Å². The largest absolute Gasteiger partial charge is 0.451 e. The summed E-state index contributed by atoms with van der Waals surface area (Å²) in [4.78, 5) is 12.3. The molecule has 0 saturated carbocycles. The van der Waals surface area contributed by atoms with Gasteiger partial charge >= 0.3 is 0 Å². The van der Waals surface area contributed by atoms with E-state index in [1.54, 1.807) is 37.5 Å². The van der Waals surface area contributed by atoms with Crippen LogP contribution in [-0.2, 0) is 7.05 Å². The summed E-state index contributed by atoms with van der Waals surface area (Å²) >= 11 is 11.9. The minimum absolute atomic E-state index is 0.211. The molecule has 0 unspecified atom stereocenters. The first-order valence-corrected chi connectivity index (χ1v) is 6.23. The molecule has 2 aromatic heterocycles. The molecule has 0 atom stereocenters. The number of aryl methyl sites for hydroxylation is 1. The first kappa shape index (κ1) is 12.3. The Morgan fingerprint density at radius 1 is 1.32 bits per heavy atom. The van der Waals surface area contributed by atoms with Gasteiger partial charge in [-0.3, -0.25) is 9.48 Å². The van der Waals surface area contributed by atoms with Crippen molar-refractivity contribution in [1.29, 1.82) is 0 Å². The molecule has 0 fully saturated rings. The molecule has 3 rings (SSSR count). The van der Waals surface area contributed by atoms with Crippen molar-refractivity contribution < 1.29 is 9.21 Å². The Bertz CT molecular complexity index is 789. The van der Waals surface area contributed by atoms with Crippen LogP contribution in [0.3, 0.4) is 0 Å². The lowest BCUT2D eigenvalue weighted by atomic mass is 10.2. The summed E-state index contributed by atoms with van der Waals surface area (Å²) in [7, 11) is 1.69. The molecule has 0 N–H and O–H groups in total. The minimum atomic E-state index is -0.247. The Kier molecular flexibility index (Phi) is 2.84. The van der Waals surface area contributed by atoms with Crippen LogP contribution in [0.5, 0.6) is 0 Å². The van der Waals surface area contributed by atoms with E-state index in [1.807, 2.05) is 0 Å². The second-order valence-electron chi connectivity index (χ2n) is 4.09. The lowest BCUT2D eigenvalue weighted by Gasteiger charge is -1.97. The van der Waals surface area contributed by atoms with E-state index in [2.05, 4.69) is 5.10 Å². The summed E-state index contributed by atoms with van der Waals surface area (Å²) in [6, 6.07) is 6.53. The highest BCUT2D eigenvalue weighted by Gasteiger charge is 2.18. The van der Waals surface area contributed by atoms with E-state index in [0.29, 0.717) is 26.7 Å². The fourth-order valence-corrected chi connectivity index (χ4v) is 2.46. The summed E-state index contributed by atoms with van der Waals surface area (Å²) in [5, 5.41) is 5.53. The second-order valence-corrected chi connectivity index (χ2v) is 4.93. The van der Waals surface area contributed by atoms with E-state index >= 15 is 0 Å². The van der Waals surface area contributed by atoms with E-state index in [4.69, 9.17) is 27.6 Å². The van der Waals surface area contributed by atoms with Gasteiger partial charge in [0.2, 0.25) is 5.78 Å². The van der Waals surface area contributed by atoms with Crippen LogP contribution in [0.2, 0.25) is 10.0 Å². The fourth-order valence-electron chi connectivity index (χ4n) is 1.91. The standard InChI is InChI=1S/C13H8Cl2N2O2/c1-17-10(2-3-16-17)12(18)11-5-7-4-8(14)6-9(15)13(7)19-11/h2-6H,1H3. The number of hydrogen-bond acceptors (Lipinski definition) is 3. The molecule has 0 aliphatic carbocycles. The summed E-state index contributed by atoms with van der Waals surface area (Å²) in [5.41, 5.74) is 0.901. The zero-order chi connectivity index (χ0) is 13.6. The van der Waals surface area contributed by atoms with Gasteiger partial charge in [-0.2, -0.15) is 5.10 Å². The minimum Gasteiger partial charge on any atom is -0.451 e. The summed E-state index contributed by atoms with van der Waals surface area (Å²) in [5.74, 6) is -0.0360. The average Bonchev–Trinajstić information content (AvgIpc) is 2.94. The van der Waals surface area contributed by atoms with Crippen molar-refractivity contribution in [1.82, 2.24) is 9.78 Å². The van der Waals surface area contributed by atoms with E-state index < -0.39 is 0 Å². The molecule has 2 heterocycles. The normalized spacial score (nSPS) is 11.1. The van der Waals surface area contributed by atoms with Crippen molar-refractivity contribution in [3.05, 3.63) is 52.0 Å². The number of aromatic nitrogens is 2. The third-order valence-corrected chi connectivity index (χ3v) is 3.31. The highest BCUT2D eigenvalue weighted by molar-refractivity contribution is 6.38. The Balaban J connectivity index is 2.14. The summed E-state index contributed by atoms with van der Waals surface area (Å²) in [6.45, 7) is 0. The summed E-state index contributed by atoms with van der Waals surface area (Å²) in [6.07, 6.45) is 1.56. The number of rotatable bonds is 2. The number of nitrogens with zero attached hydrogens (tertiary/aromatic N) is 2. The molecule has 19 heavy (non-hydrogen) atoms. The van der Waals surface area contributed by atoms with Gasteiger partial charge in [-0.15, -0.1) is 0 Å². The van der Waals surface area contributed by atoms with Crippen LogP contribution >= 0.6 is 23.2 Å². The van der Waals surface area contributed by atoms with Gasteiger partial charge in [0.1, 0.15) is 5.69 Å². The molecule has 6 heteroatoms. The van der Waals surface area contributed by atoms with Crippen LogP contribution in [0.25, 0.3) is 11.0 Å². The van der Waals surface area contributed by atoms with Crippen molar-refractivity contribution in [3.63, 3.8) is 0 Å². The van der Waals surface area contributed by atoms with Gasteiger partial charge in [0, 0.05) is 23.7 Å². The lowest BCUT2D eigenvalue weighted by Crippen LogP contribution is -2.07. The van der Waals surface area contributed by atoms with E-state index in [0.717, 1.165) is 0 Å². The van der Waals surface area contributed by atoms with E-state index in [1.165, 1.54) is 4.68 Å². The number of ketones is 1. The Labute approximate surface area is 118 Å². The highest BCUT2D eigenvalue weighted by Crippen LogP contribution is 2.31. The van der Waals surface area contributed by atoms with Crippen molar-refractivity contribution in [2.75, 3.05) is 0 Å². The van der Waals surface area contributed by atoms with Crippen LogP contribution in [0, 0.1) is 0 Å². The van der Waals surface area contributed by atoms with Crippen LogP contribution in [-0.4, -0.2) is 15.6 Å². The van der Waals surface area contributed by atoms with Crippen molar-refractivity contribution in [3.8, 4) is 0 Å². The van der Waals surface area contributed by atoms with Crippen LogP contribution in [0.15, 0.2) is 34.9 Å². The maximum atomic E-state index is 12.3. The highest BCUT2D eigenvalue weighted by atomic mass is 35.5. The van der Waals surface area contributed by atoms with Crippen LogP contribution < -0.4 is 0 Å². The zero-order valence-corrected chi connectivity index (χ0v) is 11.4. The molecular formula is C13H8Cl2N2O2. The third-order valence-electron chi connectivity index (χ3n) is 2.81. The molecule has 0 aliphatic rings. The SMILES string of the molecule is Cn1nccc1C(=O)c1cc2cc(Cl)cc(Cl)c2o1. The van der Waals surface area contributed by atoms with Gasteiger partial charge in [0.05, 0.1) is 5.02 Å². The smallest absolute Gasteiger partial charge is 0.246 e. The third kappa shape index (κ3) is 2.03. The number of hydrogen-bond donors (Lipinski definition) is 0. The maximum Gasteiger partial charge on any atom is 0.246 e. The predicted octanol–water partition coefficient (Wildman–Crippen LogP) is 3.70. The molecule has 4 nitrogen and oxygen atoms in total. The molecule has 0 spiro atoms. The maximum absolute atomic E-state index is 12.3. The molecule has 3 aromatic rings. The molecule has 0 amide bonds. The molecule has 96 valence electrons. The van der Waals surface area contributed by atoms with Crippen LogP contribution in [0.4, 0.5) is 0 Å². The molecule has 0 aliphatic heterocycles. The first-order chi connectivity index (χ1) is 9.06. The van der Waals surface area contributed by atoms with Gasteiger partial charge < -0.3 is 4.42 Å².